The molecule has 0 radical (unpaired) electrons. The second kappa shape index (κ2) is 27.8. The topological polar surface area (TPSA) is 546 Å². The zero-order chi connectivity index (χ0) is 58.2. The molecule has 0 aromatic heterocycles. The molecule has 0 amide bonds. The standard InChI is InChI=1S/C45H75NO34/c1-2-3-46-4-11-32-18(53)25(60)39(67-11)75-33-12(5-47)69-41(27(62)20(33)55)77-35-14(7-49)71-43(29(64)22(35)57)79-37-16(9-51)73-45(31(66)24(37)59)80-38-17(10-52)72-44(30(65)23(38)58)78-36-15(8-50)70-42(28(63)21(36)56)76-34-13(6-48)68-40(74-32)26(61)19(34)54/h2,11-66H,1,3-10H2/t11-,12-,13-,14-,15-,16-,17-,18-,19-,20-,21-,22-,23-,24-,25-,26-,27-,28-,29-,30-,31-,32-,33-,34-,35-,36-,37-,38-,39-,40-,41-,42-,43-,44-,45-/m1/s1. The van der Waals surface area contributed by atoms with Gasteiger partial charge in [-0.3, -0.25) is 0 Å². The van der Waals surface area contributed by atoms with Gasteiger partial charge in [0.25, 0.3) is 0 Å². The molecule has 35 atom stereocenters. The van der Waals surface area contributed by atoms with Gasteiger partial charge in [-0.05, 0) is 0 Å². The summed E-state index contributed by atoms with van der Waals surface area (Å²) in [5.41, 5.74) is 0. The van der Waals surface area contributed by atoms with Crippen molar-refractivity contribution in [3.8, 4) is 0 Å². The molecular formula is C45H75NO34. The zero-order valence-corrected chi connectivity index (χ0v) is 42.3. The Bertz CT molecular complexity index is 1910. The quantitative estimate of drug-likeness (QED) is 0.0713. The van der Waals surface area contributed by atoms with Crippen molar-refractivity contribution in [2.24, 2.45) is 0 Å². The van der Waals surface area contributed by atoms with Gasteiger partial charge in [0.1, 0.15) is 171 Å². The van der Waals surface area contributed by atoms with Crippen LogP contribution in [0.3, 0.4) is 0 Å². The highest BCUT2D eigenvalue weighted by molar-refractivity contribution is 5.02. The fourth-order valence-corrected chi connectivity index (χ4v) is 10.8. The lowest BCUT2D eigenvalue weighted by atomic mass is 9.95. The van der Waals surface area contributed by atoms with Gasteiger partial charge < -0.3 is 174 Å². The Labute approximate surface area is 453 Å². The Morgan fingerprint density at radius 3 is 0.575 bits per heavy atom. The molecule has 35 heteroatoms. The maximum atomic E-state index is 11.6. The number of aliphatic hydroxyl groups excluding tert-OH is 20. The van der Waals surface area contributed by atoms with E-state index in [1.54, 1.807) is 0 Å². The predicted molar refractivity (Wildman–Crippen MR) is 244 cm³/mol. The van der Waals surface area contributed by atoms with Crippen LogP contribution in [0.4, 0.5) is 0 Å². The molecule has 21 N–H and O–H groups in total. The maximum absolute atomic E-state index is 11.6. The number of rotatable bonds is 10. The first-order valence-electron chi connectivity index (χ1n) is 25.8. The van der Waals surface area contributed by atoms with Crippen LogP contribution in [-0.2, 0) is 66.3 Å². The second-order valence-corrected chi connectivity index (χ2v) is 20.4. The van der Waals surface area contributed by atoms with Crippen LogP contribution < -0.4 is 5.32 Å². The average molecular weight is 1170 g/mol. The van der Waals surface area contributed by atoms with Crippen LogP contribution >= 0.6 is 0 Å². The Morgan fingerprint density at radius 2 is 0.412 bits per heavy atom. The summed E-state index contributed by atoms with van der Waals surface area (Å²) in [6, 6.07) is 0. The number of hydrogen-bond acceptors (Lipinski definition) is 35. The molecule has 0 aromatic carbocycles. The monoisotopic (exact) mass is 1170 g/mol. The molecule has 0 spiro atoms. The molecule has 0 aliphatic carbocycles. The molecule has 21 aliphatic rings. The van der Waals surface area contributed by atoms with Crippen LogP contribution in [0.1, 0.15) is 0 Å². The van der Waals surface area contributed by atoms with E-state index in [-0.39, 0.29) is 13.1 Å². The Kier molecular flexibility index (Phi) is 22.4. The van der Waals surface area contributed by atoms with E-state index in [9.17, 15) is 102 Å². The summed E-state index contributed by atoms with van der Waals surface area (Å²) < 4.78 is 80.7. The Morgan fingerprint density at radius 1 is 0.250 bits per heavy atom. The SMILES string of the molecule is C=CCNC[C@H]1O[C@@H]2O[C@H]3[C@H](O)[C@@H](O)[C@@H](O[C@H]4[C@H](O)[C@@H](O)[C@@H](O[C@H]5[C@H](O)[C@@H](O)[C@@H](O[C@H]6[C@H](O)[C@@H](O)[C@@H](O[C@H]7[C@H](O)[C@@H](O)[C@@H](O[C@H]8[C@H](O)[C@@H](O)[C@@H](O[C@H]1[C@H](O)[C@H]2O)O[C@@H]8CO)O[C@@H]7CO)O[C@@H]6CO)O[C@@H]5CO)O[C@@H]4CO)O[C@@H]3CO. The predicted octanol–water partition coefficient (Wildman–Crippen LogP) is -14.4. The summed E-state index contributed by atoms with van der Waals surface area (Å²) in [6.07, 6.45) is -67.6. The number of ether oxygens (including phenoxy) is 14. The van der Waals surface area contributed by atoms with Gasteiger partial charge in [0.2, 0.25) is 0 Å². The molecule has 464 valence electrons. The average Bonchev–Trinajstić information content (AvgIpc) is 3.50. The van der Waals surface area contributed by atoms with Crippen molar-refractivity contribution in [1.82, 2.24) is 5.32 Å². The molecule has 21 fully saturated rings. The zero-order valence-electron chi connectivity index (χ0n) is 42.3. The lowest BCUT2D eigenvalue weighted by molar-refractivity contribution is -0.396. The van der Waals surface area contributed by atoms with Crippen molar-refractivity contribution in [3.63, 3.8) is 0 Å². The Hall–Kier alpha value is -1.66. The van der Waals surface area contributed by atoms with Gasteiger partial charge in [-0.2, -0.15) is 0 Å². The van der Waals surface area contributed by atoms with Crippen molar-refractivity contribution in [2.45, 2.75) is 215 Å². The molecule has 21 rings (SSSR count). The largest absolute Gasteiger partial charge is 0.394 e. The van der Waals surface area contributed by atoms with E-state index in [0.717, 1.165) is 0 Å². The molecular weight excluding hydrogens is 1100 g/mol. The maximum Gasteiger partial charge on any atom is 0.187 e. The molecule has 21 saturated heterocycles. The van der Waals surface area contributed by atoms with Crippen LogP contribution in [0, 0.1) is 0 Å². The molecule has 0 aromatic rings. The van der Waals surface area contributed by atoms with Crippen LogP contribution in [0.2, 0.25) is 0 Å². The van der Waals surface area contributed by atoms with Gasteiger partial charge in [0, 0.05) is 13.1 Å². The summed E-state index contributed by atoms with van der Waals surface area (Å²) >= 11 is 0. The lowest BCUT2D eigenvalue weighted by Gasteiger charge is -2.50. The fraction of sp³-hybridized carbons (Fsp3) is 0.956. The van der Waals surface area contributed by atoms with Gasteiger partial charge >= 0.3 is 0 Å². The van der Waals surface area contributed by atoms with E-state index in [1.807, 2.05) is 0 Å². The first-order chi connectivity index (χ1) is 38.2. The van der Waals surface area contributed by atoms with Crippen molar-refractivity contribution in [2.75, 3.05) is 52.7 Å². The van der Waals surface area contributed by atoms with Crippen molar-refractivity contribution < 1.29 is 168 Å². The minimum Gasteiger partial charge on any atom is -0.394 e. The van der Waals surface area contributed by atoms with Crippen LogP contribution in [0.25, 0.3) is 0 Å². The molecule has 0 saturated carbocycles. The van der Waals surface area contributed by atoms with Gasteiger partial charge in [0.15, 0.2) is 44.0 Å². The van der Waals surface area contributed by atoms with Gasteiger partial charge in [0.05, 0.1) is 39.6 Å². The first kappa shape index (κ1) is 64.3. The van der Waals surface area contributed by atoms with Gasteiger partial charge in [-0.15, -0.1) is 6.58 Å². The van der Waals surface area contributed by atoms with E-state index >= 15 is 0 Å². The van der Waals surface area contributed by atoms with E-state index in [0.29, 0.717) is 0 Å². The van der Waals surface area contributed by atoms with Crippen LogP contribution in [-0.4, -0.2) is 370 Å². The van der Waals surface area contributed by atoms with Crippen LogP contribution in [0.5, 0.6) is 0 Å². The van der Waals surface area contributed by atoms with Crippen molar-refractivity contribution in [3.05, 3.63) is 12.7 Å². The highest BCUT2D eigenvalue weighted by Crippen LogP contribution is 2.39. The van der Waals surface area contributed by atoms with E-state index in [1.165, 1.54) is 6.08 Å². The first-order valence-corrected chi connectivity index (χ1v) is 25.8. The third kappa shape index (κ3) is 12.9. The minimum absolute atomic E-state index is 0.113. The van der Waals surface area contributed by atoms with Crippen LogP contribution in [0.15, 0.2) is 12.7 Å². The normalized spacial score (nSPS) is 53.7. The third-order valence-corrected chi connectivity index (χ3v) is 15.2. The highest BCUT2D eigenvalue weighted by Gasteiger charge is 2.59. The van der Waals surface area contributed by atoms with Gasteiger partial charge in [-0.1, -0.05) is 6.08 Å². The van der Waals surface area contributed by atoms with Crippen molar-refractivity contribution in [1.29, 1.82) is 0 Å². The molecule has 0 unspecified atom stereocenters. The Balaban J connectivity index is 1.09. The molecule has 80 heavy (non-hydrogen) atoms. The molecule has 35 nitrogen and oxygen atoms in total. The van der Waals surface area contributed by atoms with E-state index in [4.69, 9.17) is 66.3 Å². The summed E-state index contributed by atoms with van der Waals surface area (Å²) in [5.74, 6) is 0. The molecule has 21 heterocycles. The number of aliphatic hydroxyl groups is 20. The van der Waals surface area contributed by atoms with E-state index in [2.05, 4.69) is 11.9 Å². The molecule has 14 bridgehead atoms. The van der Waals surface area contributed by atoms with Crippen molar-refractivity contribution >= 4 is 0 Å². The fourth-order valence-electron chi connectivity index (χ4n) is 10.8. The summed E-state index contributed by atoms with van der Waals surface area (Å²) in [7, 11) is 0. The van der Waals surface area contributed by atoms with E-state index < -0.39 is 255 Å². The number of hydrogen-bond donors (Lipinski definition) is 21. The highest BCUT2D eigenvalue weighted by atomic mass is 16.8. The number of nitrogens with one attached hydrogen (secondary N) is 1. The lowest BCUT2D eigenvalue weighted by Crippen LogP contribution is -2.68. The summed E-state index contributed by atoms with van der Waals surface area (Å²) in [5, 5.41) is 225. The smallest absolute Gasteiger partial charge is 0.187 e. The third-order valence-electron chi connectivity index (χ3n) is 15.2. The van der Waals surface area contributed by atoms with Gasteiger partial charge in [-0.25, -0.2) is 0 Å². The molecule has 21 aliphatic heterocycles. The second-order valence-electron chi connectivity index (χ2n) is 20.4. The minimum atomic E-state index is -2.20. The summed E-state index contributed by atoms with van der Waals surface area (Å²) in [4.78, 5) is 0. The summed E-state index contributed by atoms with van der Waals surface area (Å²) in [6.45, 7) is -2.73.